The first-order valence-corrected chi connectivity index (χ1v) is 7.84. The quantitative estimate of drug-likeness (QED) is 0.526. The highest BCUT2D eigenvalue weighted by molar-refractivity contribution is 6.05. The second kappa shape index (κ2) is 5.86. The molecule has 0 atom stereocenters. The van der Waals surface area contributed by atoms with E-state index in [0.29, 0.717) is 17.2 Å². The number of anilines is 2. The van der Waals surface area contributed by atoms with Crippen molar-refractivity contribution in [2.45, 2.75) is 19.9 Å². The number of rotatable bonds is 4. The monoisotopic (exact) mass is 336 g/mol. The smallest absolute Gasteiger partial charge is 0.258 e. The van der Waals surface area contributed by atoms with Crippen LogP contribution >= 0.6 is 0 Å². The molecule has 0 saturated heterocycles. The first kappa shape index (κ1) is 15.1. The Bertz CT molecular complexity index is 1060. The molecule has 3 heterocycles. The summed E-state index contributed by atoms with van der Waals surface area (Å²) < 4.78 is 1.47. The maximum atomic E-state index is 12.5. The van der Waals surface area contributed by atoms with Crippen molar-refractivity contribution in [3.63, 3.8) is 0 Å². The Kier molecular flexibility index (Phi) is 3.53. The highest BCUT2D eigenvalue weighted by atomic mass is 16.1. The van der Waals surface area contributed by atoms with E-state index in [9.17, 15) is 4.79 Å². The number of hydrogen-bond donors (Lipinski definition) is 3. The maximum Gasteiger partial charge on any atom is 0.258 e. The summed E-state index contributed by atoms with van der Waals surface area (Å²) in [7, 11) is 0. The van der Waals surface area contributed by atoms with Crippen molar-refractivity contribution in [2.24, 2.45) is 0 Å². The van der Waals surface area contributed by atoms with Gasteiger partial charge >= 0.3 is 0 Å². The minimum absolute atomic E-state index is 0.261. The molecule has 25 heavy (non-hydrogen) atoms. The minimum Gasteiger partial charge on any atom is -0.354 e. The number of nitrogens with zero attached hydrogens (tertiary/aromatic N) is 5. The van der Waals surface area contributed by atoms with E-state index < -0.39 is 0 Å². The number of hydrogen-bond acceptors (Lipinski definition) is 6. The molecule has 1 amide bonds. The van der Waals surface area contributed by atoms with Gasteiger partial charge in [0.25, 0.3) is 11.9 Å². The van der Waals surface area contributed by atoms with Crippen LogP contribution in [-0.2, 0) is 0 Å². The number of benzene rings is 1. The van der Waals surface area contributed by atoms with Crippen LogP contribution < -0.4 is 10.6 Å². The summed E-state index contributed by atoms with van der Waals surface area (Å²) >= 11 is 0. The molecule has 0 aliphatic rings. The van der Waals surface area contributed by atoms with Crippen LogP contribution in [0.2, 0.25) is 0 Å². The average Bonchev–Trinajstić information content (AvgIpc) is 3.17. The van der Waals surface area contributed by atoms with E-state index in [-0.39, 0.29) is 17.9 Å². The molecular formula is C16H16N8O. The average molecular weight is 336 g/mol. The standard InChI is InChI=1S/C16H16N8O/c1-9(2)18-15-19-11-6-5-10(8-12(11)20-15)14(25)21-16-23-22-13-4-3-7-17-24(13)16/h3-9H,1-2H3,(H2,18,19,20)(H,21,23,25). The van der Waals surface area contributed by atoms with E-state index in [1.165, 1.54) is 4.52 Å². The highest BCUT2D eigenvalue weighted by Crippen LogP contribution is 2.17. The molecule has 1 aromatic carbocycles. The third kappa shape index (κ3) is 2.87. The third-order valence-corrected chi connectivity index (χ3v) is 3.57. The van der Waals surface area contributed by atoms with Gasteiger partial charge in [-0.1, -0.05) is 0 Å². The summed E-state index contributed by atoms with van der Waals surface area (Å²) in [5, 5.41) is 18.0. The number of aromatic nitrogens is 6. The molecule has 4 aromatic rings. The molecule has 0 radical (unpaired) electrons. The molecule has 9 heteroatoms. The first-order chi connectivity index (χ1) is 12.1. The molecular weight excluding hydrogens is 320 g/mol. The van der Waals surface area contributed by atoms with Crippen molar-refractivity contribution in [1.29, 1.82) is 0 Å². The van der Waals surface area contributed by atoms with Gasteiger partial charge in [0.2, 0.25) is 5.95 Å². The van der Waals surface area contributed by atoms with Crippen LogP contribution in [0, 0.1) is 0 Å². The fraction of sp³-hybridized carbons (Fsp3) is 0.188. The van der Waals surface area contributed by atoms with E-state index in [0.717, 1.165) is 11.0 Å². The molecule has 0 aliphatic carbocycles. The summed E-state index contributed by atoms with van der Waals surface area (Å²) in [5.41, 5.74) is 2.61. The van der Waals surface area contributed by atoms with Gasteiger partial charge in [0.1, 0.15) is 0 Å². The second-order valence-corrected chi connectivity index (χ2v) is 5.89. The maximum absolute atomic E-state index is 12.5. The van der Waals surface area contributed by atoms with Crippen molar-refractivity contribution in [3.8, 4) is 0 Å². The Morgan fingerprint density at radius 3 is 2.96 bits per heavy atom. The molecule has 0 spiro atoms. The molecule has 0 bridgehead atoms. The topological polar surface area (TPSA) is 113 Å². The second-order valence-electron chi connectivity index (χ2n) is 5.89. The lowest BCUT2D eigenvalue weighted by Crippen LogP contribution is -2.14. The zero-order valence-corrected chi connectivity index (χ0v) is 13.7. The van der Waals surface area contributed by atoms with Crippen LogP contribution in [0.15, 0.2) is 36.5 Å². The predicted molar refractivity (Wildman–Crippen MR) is 93.6 cm³/mol. The number of H-pyrrole nitrogens is 1. The number of amides is 1. The van der Waals surface area contributed by atoms with Crippen molar-refractivity contribution < 1.29 is 4.79 Å². The van der Waals surface area contributed by atoms with E-state index in [4.69, 9.17) is 0 Å². The van der Waals surface area contributed by atoms with Crippen molar-refractivity contribution >= 4 is 34.5 Å². The van der Waals surface area contributed by atoms with Gasteiger partial charge in [0, 0.05) is 17.8 Å². The molecule has 0 unspecified atom stereocenters. The SMILES string of the molecule is CC(C)Nc1nc2ccc(C(=O)Nc3nnc4cccnn34)cc2[nH]1. The molecule has 0 aliphatic heterocycles. The van der Waals surface area contributed by atoms with Gasteiger partial charge in [-0.2, -0.15) is 9.61 Å². The van der Waals surface area contributed by atoms with Crippen LogP contribution in [0.4, 0.5) is 11.9 Å². The molecule has 9 nitrogen and oxygen atoms in total. The lowest BCUT2D eigenvalue weighted by Gasteiger charge is -2.04. The van der Waals surface area contributed by atoms with Gasteiger partial charge in [0.15, 0.2) is 5.65 Å². The summed E-state index contributed by atoms with van der Waals surface area (Å²) in [6.45, 7) is 4.06. The van der Waals surface area contributed by atoms with E-state index >= 15 is 0 Å². The first-order valence-electron chi connectivity index (χ1n) is 7.84. The zero-order chi connectivity index (χ0) is 17.4. The Hall–Kier alpha value is -3.49. The minimum atomic E-state index is -0.296. The number of carbonyl (C=O) groups is 1. The Balaban J connectivity index is 1.61. The zero-order valence-electron chi connectivity index (χ0n) is 13.7. The Morgan fingerprint density at radius 1 is 1.24 bits per heavy atom. The molecule has 3 N–H and O–H groups in total. The number of aromatic amines is 1. The van der Waals surface area contributed by atoms with Crippen LogP contribution in [0.5, 0.6) is 0 Å². The third-order valence-electron chi connectivity index (χ3n) is 3.57. The molecule has 4 rings (SSSR count). The van der Waals surface area contributed by atoms with Gasteiger partial charge in [-0.3, -0.25) is 10.1 Å². The summed E-state index contributed by atoms with van der Waals surface area (Å²) in [4.78, 5) is 20.1. The van der Waals surface area contributed by atoms with Crippen LogP contribution in [0.3, 0.4) is 0 Å². The fourth-order valence-corrected chi connectivity index (χ4v) is 2.49. The van der Waals surface area contributed by atoms with Crippen molar-refractivity contribution in [1.82, 2.24) is 29.8 Å². The Morgan fingerprint density at radius 2 is 2.12 bits per heavy atom. The summed E-state index contributed by atoms with van der Waals surface area (Å²) in [6.07, 6.45) is 1.60. The lowest BCUT2D eigenvalue weighted by molar-refractivity contribution is 0.102. The number of nitrogens with one attached hydrogen (secondary N) is 3. The van der Waals surface area contributed by atoms with Gasteiger partial charge in [0.05, 0.1) is 11.0 Å². The van der Waals surface area contributed by atoms with Gasteiger partial charge in [-0.15, -0.1) is 10.2 Å². The van der Waals surface area contributed by atoms with Crippen molar-refractivity contribution in [3.05, 3.63) is 42.1 Å². The van der Waals surface area contributed by atoms with E-state index in [2.05, 4.69) is 35.9 Å². The highest BCUT2D eigenvalue weighted by Gasteiger charge is 2.13. The van der Waals surface area contributed by atoms with Gasteiger partial charge in [-0.05, 0) is 44.2 Å². The van der Waals surface area contributed by atoms with Crippen LogP contribution in [0.25, 0.3) is 16.7 Å². The Labute approximate surface area is 142 Å². The van der Waals surface area contributed by atoms with E-state index in [1.807, 2.05) is 13.8 Å². The van der Waals surface area contributed by atoms with Gasteiger partial charge in [-0.25, -0.2) is 4.98 Å². The van der Waals surface area contributed by atoms with Crippen LogP contribution in [-0.4, -0.2) is 41.7 Å². The number of imidazole rings is 1. The normalized spacial score (nSPS) is 11.3. The number of fused-ring (bicyclic) bond motifs is 2. The molecule has 3 aromatic heterocycles. The van der Waals surface area contributed by atoms with Crippen LogP contribution in [0.1, 0.15) is 24.2 Å². The predicted octanol–water partition coefficient (Wildman–Crippen LogP) is 2.07. The number of carbonyl (C=O) groups excluding carboxylic acids is 1. The lowest BCUT2D eigenvalue weighted by atomic mass is 10.2. The largest absolute Gasteiger partial charge is 0.354 e. The summed E-state index contributed by atoms with van der Waals surface area (Å²) in [5.74, 6) is 0.650. The fourth-order valence-electron chi connectivity index (χ4n) is 2.49. The molecule has 126 valence electrons. The molecule has 0 fully saturated rings. The summed E-state index contributed by atoms with van der Waals surface area (Å²) in [6, 6.07) is 9.04. The van der Waals surface area contributed by atoms with Gasteiger partial charge < -0.3 is 10.3 Å². The van der Waals surface area contributed by atoms with E-state index in [1.54, 1.807) is 36.5 Å². The molecule has 0 saturated carbocycles. The van der Waals surface area contributed by atoms with Crippen molar-refractivity contribution in [2.75, 3.05) is 10.6 Å².